The molecule has 0 radical (unpaired) electrons. The maximum absolute atomic E-state index is 13.5. The zero-order valence-electron chi connectivity index (χ0n) is 21.5. The van der Waals surface area contributed by atoms with E-state index in [1.807, 2.05) is 42.8 Å². The number of carbonyl (C=O) groups is 2. The number of imidazole rings is 1. The van der Waals surface area contributed by atoms with Gasteiger partial charge in [0, 0.05) is 19.0 Å². The van der Waals surface area contributed by atoms with Gasteiger partial charge in [-0.25, -0.2) is 9.97 Å². The second kappa shape index (κ2) is 9.56. The molecule has 0 atom stereocenters. The standard InChI is InChI=1S/C27H31N5O4/c1-7-17-8-10-18(11-9-17)13-29-25(34)20-12-19-23-21(30-16(2)31(23)6)14-28-24(19)32(26(20)35)15-22(33)36-27(3,4)5/h8-12,14H,7,13,15H2,1-6H3,(H,29,34). The number of nitrogens with zero attached hydrogens (tertiary/aromatic N) is 4. The molecule has 0 aliphatic heterocycles. The van der Waals surface area contributed by atoms with Crippen LogP contribution >= 0.6 is 0 Å². The quantitative estimate of drug-likeness (QED) is 0.416. The van der Waals surface area contributed by atoms with Gasteiger partial charge in [0.1, 0.15) is 34.7 Å². The Balaban J connectivity index is 1.79. The number of carbonyl (C=O) groups excluding carboxylic acids is 2. The van der Waals surface area contributed by atoms with E-state index in [1.54, 1.807) is 27.0 Å². The van der Waals surface area contributed by atoms with Crippen molar-refractivity contribution in [3.63, 3.8) is 0 Å². The van der Waals surface area contributed by atoms with Gasteiger partial charge in [0.05, 0.1) is 11.7 Å². The fraction of sp³-hybridized carbons (Fsp3) is 0.370. The molecule has 0 unspecified atom stereocenters. The number of nitrogens with one attached hydrogen (secondary N) is 1. The van der Waals surface area contributed by atoms with Crippen molar-refractivity contribution in [1.82, 2.24) is 24.4 Å². The lowest BCUT2D eigenvalue weighted by atomic mass is 10.1. The molecule has 0 saturated carbocycles. The fourth-order valence-corrected chi connectivity index (χ4v) is 4.12. The normalized spacial score (nSPS) is 11.7. The molecule has 9 heteroatoms. The van der Waals surface area contributed by atoms with Crippen molar-refractivity contribution in [3.8, 4) is 0 Å². The summed E-state index contributed by atoms with van der Waals surface area (Å²) >= 11 is 0. The molecule has 0 aliphatic rings. The van der Waals surface area contributed by atoms with Crippen LogP contribution in [0.5, 0.6) is 0 Å². The van der Waals surface area contributed by atoms with Gasteiger partial charge < -0.3 is 14.6 Å². The highest BCUT2D eigenvalue weighted by Crippen LogP contribution is 2.24. The van der Waals surface area contributed by atoms with Gasteiger partial charge >= 0.3 is 5.97 Å². The van der Waals surface area contributed by atoms with Crippen molar-refractivity contribution in [2.24, 2.45) is 7.05 Å². The molecular formula is C27H31N5O4. The Morgan fingerprint density at radius 2 is 1.78 bits per heavy atom. The Kier molecular flexibility index (Phi) is 6.67. The van der Waals surface area contributed by atoms with Crippen molar-refractivity contribution >= 4 is 33.9 Å². The van der Waals surface area contributed by atoms with Crippen LogP contribution in [0, 0.1) is 6.92 Å². The molecule has 9 nitrogen and oxygen atoms in total. The average Bonchev–Trinajstić information content (AvgIpc) is 3.11. The van der Waals surface area contributed by atoms with E-state index in [2.05, 4.69) is 22.2 Å². The molecular weight excluding hydrogens is 458 g/mol. The Hall–Kier alpha value is -4.01. The minimum Gasteiger partial charge on any atom is -0.459 e. The van der Waals surface area contributed by atoms with E-state index in [1.165, 1.54) is 16.2 Å². The SMILES string of the molecule is CCc1ccc(CNC(=O)c2cc3c4c(cnc3n(CC(=O)OC(C)(C)C)c2=O)nc(C)n4C)cc1. The molecule has 1 N–H and O–H groups in total. The fourth-order valence-electron chi connectivity index (χ4n) is 4.12. The molecule has 1 amide bonds. The van der Waals surface area contributed by atoms with Crippen molar-refractivity contribution in [3.05, 3.63) is 69.4 Å². The minimum atomic E-state index is -0.724. The highest BCUT2D eigenvalue weighted by molar-refractivity contribution is 6.05. The Morgan fingerprint density at radius 3 is 2.42 bits per heavy atom. The van der Waals surface area contributed by atoms with E-state index < -0.39 is 23.0 Å². The number of amides is 1. The third kappa shape index (κ3) is 5.00. The molecule has 188 valence electrons. The lowest BCUT2D eigenvalue weighted by molar-refractivity contribution is -0.155. The van der Waals surface area contributed by atoms with Crippen LogP contribution in [0.25, 0.3) is 22.1 Å². The molecule has 0 spiro atoms. The number of hydrogen-bond donors (Lipinski definition) is 1. The van der Waals surface area contributed by atoms with Crippen LogP contribution in [0.1, 0.15) is 55.0 Å². The first-order valence-corrected chi connectivity index (χ1v) is 11.9. The number of ether oxygens (including phenoxy) is 1. The van der Waals surface area contributed by atoms with E-state index in [-0.39, 0.29) is 24.3 Å². The highest BCUT2D eigenvalue weighted by atomic mass is 16.6. The summed E-state index contributed by atoms with van der Waals surface area (Å²) in [7, 11) is 1.85. The number of benzene rings is 1. The summed E-state index contributed by atoms with van der Waals surface area (Å²) in [5, 5.41) is 3.39. The van der Waals surface area contributed by atoms with Crippen LogP contribution < -0.4 is 10.9 Å². The molecule has 0 saturated heterocycles. The van der Waals surface area contributed by atoms with E-state index in [0.29, 0.717) is 10.9 Å². The number of rotatable bonds is 6. The first-order valence-electron chi connectivity index (χ1n) is 11.9. The zero-order chi connectivity index (χ0) is 26.2. The van der Waals surface area contributed by atoms with Gasteiger partial charge in [-0.1, -0.05) is 31.2 Å². The van der Waals surface area contributed by atoms with Crippen LogP contribution in [0.2, 0.25) is 0 Å². The number of aromatic nitrogens is 4. The summed E-state index contributed by atoms with van der Waals surface area (Å²) in [4.78, 5) is 48.3. The Labute approximate surface area is 209 Å². The smallest absolute Gasteiger partial charge is 0.326 e. The van der Waals surface area contributed by atoms with Gasteiger partial charge in [-0.2, -0.15) is 0 Å². The number of aryl methyl sites for hydroxylation is 3. The van der Waals surface area contributed by atoms with Crippen LogP contribution in [0.3, 0.4) is 0 Å². The predicted octanol–water partition coefficient (Wildman–Crippen LogP) is 3.43. The number of esters is 1. The summed E-state index contributed by atoms with van der Waals surface area (Å²) in [6, 6.07) is 9.46. The van der Waals surface area contributed by atoms with Gasteiger partial charge in [-0.3, -0.25) is 19.0 Å². The molecule has 0 bridgehead atoms. The van der Waals surface area contributed by atoms with Gasteiger partial charge in [0.2, 0.25) is 0 Å². The summed E-state index contributed by atoms with van der Waals surface area (Å²) < 4.78 is 8.52. The molecule has 0 aliphatic carbocycles. The van der Waals surface area contributed by atoms with Gasteiger partial charge in [-0.05, 0) is 51.3 Å². The Morgan fingerprint density at radius 1 is 1.11 bits per heavy atom. The largest absolute Gasteiger partial charge is 0.459 e. The second-order valence-corrected chi connectivity index (χ2v) is 9.84. The van der Waals surface area contributed by atoms with Crippen molar-refractivity contribution in [2.45, 2.75) is 59.7 Å². The minimum absolute atomic E-state index is 0.0793. The highest BCUT2D eigenvalue weighted by Gasteiger charge is 2.23. The molecule has 36 heavy (non-hydrogen) atoms. The number of hydrogen-bond acceptors (Lipinski definition) is 6. The van der Waals surface area contributed by atoms with Gasteiger partial charge in [-0.15, -0.1) is 0 Å². The lowest BCUT2D eigenvalue weighted by Crippen LogP contribution is -2.36. The second-order valence-electron chi connectivity index (χ2n) is 9.84. The van der Waals surface area contributed by atoms with Crippen LogP contribution in [0.4, 0.5) is 0 Å². The van der Waals surface area contributed by atoms with Crippen LogP contribution in [-0.4, -0.2) is 36.6 Å². The number of pyridine rings is 2. The first kappa shape index (κ1) is 25.1. The summed E-state index contributed by atoms with van der Waals surface area (Å²) in [5.41, 5.74) is 2.34. The van der Waals surface area contributed by atoms with E-state index in [4.69, 9.17) is 4.74 Å². The number of fused-ring (bicyclic) bond motifs is 3. The molecule has 4 rings (SSSR count). The molecule has 1 aromatic carbocycles. The summed E-state index contributed by atoms with van der Waals surface area (Å²) in [6.45, 7) is 9.09. The van der Waals surface area contributed by atoms with E-state index >= 15 is 0 Å². The Bertz CT molecular complexity index is 1520. The third-order valence-electron chi connectivity index (χ3n) is 6.01. The average molecular weight is 490 g/mol. The predicted molar refractivity (Wildman–Crippen MR) is 138 cm³/mol. The maximum Gasteiger partial charge on any atom is 0.326 e. The van der Waals surface area contributed by atoms with Crippen molar-refractivity contribution < 1.29 is 14.3 Å². The van der Waals surface area contributed by atoms with E-state index in [0.717, 1.165) is 23.3 Å². The summed E-state index contributed by atoms with van der Waals surface area (Å²) in [5.74, 6) is -0.372. The maximum atomic E-state index is 13.5. The zero-order valence-corrected chi connectivity index (χ0v) is 21.5. The molecule has 0 fully saturated rings. The van der Waals surface area contributed by atoms with Gasteiger partial charge in [0.15, 0.2) is 0 Å². The molecule has 4 aromatic rings. The van der Waals surface area contributed by atoms with Gasteiger partial charge in [0.25, 0.3) is 11.5 Å². The summed E-state index contributed by atoms with van der Waals surface area (Å²) in [6.07, 6.45) is 2.49. The topological polar surface area (TPSA) is 108 Å². The van der Waals surface area contributed by atoms with Crippen LogP contribution in [0.15, 0.2) is 41.3 Å². The van der Waals surface area contributed by atoms with Crippen molar-refractivity contribution in [2.75, 3.05) is 0 Å². The third-order valence-corrected chi connectivity index (χ3v) is 6.01. The van der Waals surface area contributed by atoms with Crippen LogP contribution in [-0.2, 0) is 36.1 Å². The van der Waals surface area contributed by atoms with E-state index in [9.17, 15) is 14.4 Å². The van der Waals surface area contributed by atoms with Crippen molar-refractivity contribution in [1.29, 1.82) is 0 Å². The molecule has 3 heterocycles. The lowest BCUT2D eigenvalue weighted by Gasteiger charge is -2.20. The molecule has 3 aromatic heterocycles. The first-order chi connectivity index (χ1) is 17.0. The monoisotopic (exact) mass is 489 g/mol.